The summed E-state index contributed by atoms with van der Waals surface area (Å²) in [6.45, 7) is 9.75. The lowest BCUT2D eigenvalue weighted by atomic mass is 10.1. The molecule has 90 valence electrons. The van der Waals surface area contributed by atoms with Gasteiger partial charge in [0.15, 0.2) is 0 Å². The zero-order chi connectivity index (χ0) is 12.3. The Balaban J connectivity index is 3.13. The molecule has 0 unspecified atom stereocenters. The van der Waals surface area contributed by atoms with E-state index in [1.807, 2.05) is 6.07 Å². The minimum atomic E-state index is 0.499. The monoisotopic (exact) mass is 284 g/mol. The van der Waals surface area contributed by atoms with Crippen LogP contribution in [0.2, 0.25) is 0 Å². The van der Waals surface area contributed by atoms with E-state index in [0.29, 0.717) is 6.04 Å². The Bertz CT molecular complexity index is 361. The Labute approximate surface area is 107 Å². The van der Waals surface area contributed by atoms with Crippen molar-refractivity contribution in [2.24, 2.45) is 0 Å². The van der Waals surface area contributed by atoms with Gasteiger partial charge in [-0.1, -0.05) is 6.92 Å². The van der Waals surface area contributed by atoms with E-state index in [-0.39, 0.29) is 0 Å². The Morgan fingerprint density at radius 3 is 2.50 bits per heavy atom. The normalized spacial score (nSPS) is 10.9. The lowest BCUT2D eigenvalue weighted by Gasteiger charge is -2.30. The van der Waals surface area contributed by atoms with Crippen LogP contribution < -0.4 is 10.6 Å². The minimum absolute atomic E-state index is 0.499. The third-order valence-electron chi connectivity index (χ3n) is 2.73. The average Bonchev–Trinajstić information content (AvgIpc) is 2.20. The molecule has 0 spiro atoms. The first-order chi connectivity index (χ1) is 7.47. The number of nitrogens with zero attached hydrogens (tertiary/aromatic N) is 1. The maximum Gasteiger partial charge on any atom is 0.0517 e. The van der Waals surface area contributed by atoms with Crippen LogP contribution in [0.5, 0.6) is 0 Å². The van der Waals surface area contributed by atoms with Crippen LogP contribution in [0.25, 0.3) is 0 Å². The largest absolute Gasteiger partial charge is 0.398 e. The number of aryl methyl sites for hydroxylation is 1. The van der Waals surface area contributed by atoms with Crippen LogP contribution in [0.3, 0.4) is 0 Å². The maximum atomic E-state index is 5.89. The molecule has 0 saturated heterocycles. The lowest BCUT2D eigenvalue weighted by molar-refractivity contribution is 0.670. The molecule has 0 radical (unpaired) electrons. The van der Waals surface area contributed by atoms with Crippen molar-refractivity contribution < 1.29 is 0 Å². The quantitative estimate of drug-likeness (QED) is 0.848. The van der Waals surface area contributed by atoms with E-state index in [0.717, 1.165) is 28.7 Å². The van der Waals surface area contributed by atoms with Gasteiger partial charge in [-0.05, 0) is 60.8 Å². The van der Waals surface area contributed by atoms with Gasteiger partial charge < -0.3 is 10.6 Å². The van der Waals surface area contributed by atoms with E-state index in [1.165, 1.54) is 5.69 Å². The molecule has 0 bridgehead atoms. The van der Waals surface area contributed by atoms with Gasteiger partial charge in [-0.3, -0.25) is 0 Å². The number of anilines is 2. The molecule has 3 heteroatoms. The van der Waals surface area contributed by atoms with Crippen LogP contribution >= 0.6 is 15.9 Å². The lowest BCUT2D eigenvalue weighted by Crippen LogP contribution is -2.31. The van der Waals surface area contributed by atoms with Crippen LogP contribution in [0.15, 0.2) is 16.6 Å². The van der Waals surface area contributed by atoms with Gasteiger partial charge in [0, 0.05) is 22.7 Å². The van der Waals surface area contributed by atoms with Gasteiger partial charge in [-0.25, -0.2) is 0 Å². The highest BCUT2D eigenvalue weighted by Gasteiger charge is 2.13. The van der Waals surface area contributed by atoms with Gasteiger partial charge in [0.2, 0.25) is 0 Å². The van der Waals surface area contributed by atoms with Gasteiger partial charge in [-0.2, -0.15) is 0 Å². The fraction of sp³-hybridized carbons (Fsp3) is 0.538. The Hall–Kier alpha value is -0.700. The highest BCUT2D eigenvalue weighted by atomic mass is 79.9. The summed E-state index contributed by atoms with van der Waals surface area (Å²) in [6.07, 6.45) is 1.15. The molecule has 1 rings (SSSR count). The molecule has 0 saturated carbocycles. The Morgan fingerprint density at radius 1 is 1.38 bits per heavy atom. The van der Waals surface area contributed by atoms with E-state index in [2.05, 4.69) is 54.6 Å². The van der Waals surface area contributed by atoms with Gasteiger partial charge in [0.25, 0.3) is 0 Å². The first-order valence-corrected chi connectivity index (χ1v) is 6.59. The molecule has 0 aromatic heterocycles. The molecule has 0 fully saturated rings. The van der Waals surface area contributed by atoms with Crippen molar-refractivity contribution in [3.8, 4) is 0 Å². The molecule has 16 heavy (non-hydrogen) atoms. The van der Waals surface area contributed by atoms with Crippen LogP contribution in [0.4, 0.5) is 11.4 Å². The zero-order valence-electron chi connectivity index (χ0n) is 10.5. The van der Waals surface area contributed by atoms with E-state index in [1.54, 1.807) is 0 Å². The highest BCUT2D eigenvalue weighted by Crippen LogP contribution is 2.32. The topological polar surface area (TPSA) is 29.3 Å². The van der Waals surface area contributed by atoms with Crippen LogP contribution in [-0.4, -0.2) is 12.6 Å². The van der Waals surface area contributed by atoms with Crippen LogP contribution in [0.1, 0.15) is 32.8 Å². The van der Waals surface area contributed by atoms with E-state index < -0.39 is 0 Å². The summed E-state index contributed by atoms with van der Waals surface area (Å²) in [5.74, 6) is 0. The standard InChI is InChI=1S/C13H21BrN2/c1-5-6-16(9(2)3)13-7-10(4)12(15)8-11(13)14/h7-9H,5-6,15H2,1-4H3. The third-order valence-corrected chi connectivity index (χ3v) is 3.37. The second-order valence-corrected chi connectivity index (χ2v) is 5.30. The zero-order valence-corrected chi connectivity index (χ0v) is 12.1. The summed E-state index contributed by atoms with van der Waals surface area (Å²) < 4.78 is 1.08. The van der Waals surface area contributed by atoms with Crippen molar-refractivity contribution in [3.63, 3.8) is 0 Å². The summed E-state index contributed by atoms with van der Waals surface area (Å²) >= 11 is 3.60. The summed E-state index contributed by atoms with van der Waals surface area (Å²) in [4.78, 5) is 2.40. The summed E-state index contributed by atoms with van der Waals surface area (Å²) in [7, 11) is 0. The SMILES string of the molecule is CCCN(c1cc(C)c(N)cc1Br)C(C)C. The first-order valence-electron chi connectivity index (χ1n) is 5.79. The van der Waals surface area contributed by atoms with Gasteiger partial charge >= 0.3 is 0 Å². The van der Waals surface area contributed by atoms with Crippen molar-refractivity contribution >= 4 is 27.3 Å². The van der Waals surface area contributed by atoms with Gasteiger partial charge in [0.1, 0.15) is 0 Å². The van der Waals surface area contributed by atoms with E-state index in [9.17, 15) is 0 Å². The number of nitrogen functional groups attached to an aromatic ring is 1. The number of nitrogens with two attached hydrogens (primary N) is 1. The molecule has 2 N–H and O–H groups in total. The minimum Gasteiger partial charge on any atom is -0.398 e. The molecular weight excluding hydrogens is 264 g/mol. The number of halogens is 1. The molecule has 0 aliphatic heterocycles. The molecule has 0 amide bonds. The van der Waals surface area contributed by atoms with Crippen molar-refractivity contribution in [2.45, 2.75) is 40.2 Å². The number of hydrogen-bond donors (Lipinski definition) is 1. The van der Waals surface area contributed by atoms with E-state index >= 15 is 0 Å². The van der Waals surface area contributed by atoms with Crippen molar-refractivity contribution in [1.29, 1.82) is 0 Å². The second-order valence-electron chi connectivity index (χ2n) is 4.45. The Kier molecular flexibility index (Phi) is 4.66. The van der Waals surface area contributed by atoms with Crippen molar-refractivity contribution in [1.82, 2.24) is 0 Å². The summed E-state index contributed by atoms with van der Waals surface area (Å²) in [5.41, 5.74) is 9.11. The second kappa shape index (κ2) is 5.58. The summed E-state index contributed by atoms with van der Waals surface area (Å²) in [6, 6.07) is 4.66. The molecule has 0 atom stereocenters. The molecular formula is C13H21BrN2. The van der Waals surface area contributed by atoms with Crippen molar-refractivity contribution in [3.05, 3.63) is 22.2 Å². The smallest absolute Gasteiger partial charge is 0.0517 e. The van der Waals surface area contributed by atoms with Crippen LogP contribution in [0, 0.1) is 6.92 Å². The Morgan fingerprint density at radius 2 is 2.00 bits per heavy atom. The molecule has 0 heterocycles. The predicted octanol–water partition coefficient (Wildman–Crippen LogP) is 3.96. The highest BCUT2D eigenvalue weighted by molar-refractivity contribution is 9.10. The molecule has 2 nitrogen and oxygen atoms in total. The third kappa shape index (κ3) is 2.91. The maximum absolute atomic E-state index is 5.89. The molecule has 0 aliphatic carbocycles. The molecule has 1 aromatic rings. The van der Waals surface area contributed by atoms with Gasteiger partial charge in [-0.15, -0.1) is 0 Å². The average molecular weight is 285 g/mol. The number of benzene rings is 1. The first kappa shape index (κ1) is 13.4. The predicted molar refractivity (Wildman–Crippen MR) is 76.1 cm³/mol. The fourth-order valence-corrected chi connectivity index (χ4v) is 2.39. The van der Waals surface area contributed by atoms with Gasteiger partial charge in [0.05, 0.1) is 5.69 Å². The molecule has 1 aromatic carbocycles. The number of hydrogen-bond acceptors (Lipinski definition) is 2. The summed E-state index contributed by atoms with van der Waals surface area (Å²) in [5, 5.41) is 0. The fourth-order valence-electron chi connectivity index (χ4n) is 1.80. The van der Waals surface area contributed by atoms with E-state index in [4.69, 9.17) is 5.73 Å². The van der Waals surface area contributed by atoms with Crippen LogP contribution in [-0.2, 0) is 0 Å². The number of rotatable bonds is 4. The molecule has 0 aliphatic rings. The van der Waals surface area contributed by atoms with Crippen molar-refractivity contribution in [2.75, 3.05) is 17.2 Å².